The molecule has 0 aliphatic carbocycles. The van der Waals surface area contributed by atoms with E-state index in [0.717, 1.165) is 28.0 Å². The Balaban J connectivity index is 2.78. The summed E-state index contributed by atoms with van der Waals surface area (Å²) in [5, 5.41) is 4.43. The lowest BCUT2D eigenvalue weighted by Gasteiger charge is -2.18. The largest absolute Gasteiger partial charge is 0.310 e. The van der Waals surface area contributed by atoms with Gasteiger partial charge in [-0.05, 0) is 59.7 Å². The molecule has 16 heavy (non-hydrogen) atoms. The minimum absolute atomic E-state index is 0.444. The van der Waals surface area contributed by atoms with E-state index in [1.165, 1.54) is 12.0 Å². The van der Waals surface area contributed by atoms with Gasteiger partial charge in [-0.25, -0.2) is 0 Å². The lowest BCUT2D eigenvalue weighted by Crippen LogP contribution is -2.22. The zero-order chi connectivity index (χ0) is 12.0. The second-order valence-corrected chi connectivity index (χ2v) is 5.54. The van der Waals surface area contributed by atoms with Crippen LogP contribution in [0.25, 0.3) is 0 Å². The molecule has 1 aromatic carbocycles. The van der Waals surface area contributed by atoms with E-state index in [9.17, 15) is 0 Å². The fraction of sp³-hybridized carbons (Fsp3) is 0.538. The third-order valence-corrected chi connectivity index (χ3v) is 4.14. The van der Waals surface area contributed by atoms with E-state index >= 15 is 0 Å². The lowest BCUT2D eigenvalue weighted by atomic mass is 10.0. The molecule has 0 fully saturated rings. The Morgan fingerprint density at radius 2 is 2.06 bits per heavy atom. The maximum atomic E-state index is 6.16. The summed E-state index contributed by atoms with van der Waals surface area (Å²) in [5.41, 5.74) is 1.31. The van der Waals surface area contributed by atoms with Gasteiger partial charge >= 0.3 is 0 Å². The standard InChI is InChI=1S/C13H19ClIN/c1-3-5-13(16-8-4-2)10-6-7-12(15)11(14)9-10/h6-7,9,13,16H,3-5,8H2,1-2H3. The van der Waals surface area contributed by atoms with Crippen LogP contribution in [0.2, 0.25) is 5.02 Å². The van der Waals surface area contributed by atoms with Crippen LogP contribution in [0, 0.1) is 3.57 Å². The molecule has 0 radical (unpaired) electrons. The number of benzene rings is 1. The van der Waals surface area contributed by atoms with E-state index in [-0.39, 0.29) is 0 Å². The van der Waals surface area contributed by atoms with Crippen molar-refractivity contribution in [3.63, 3.8) is 0 Å². The van der Waals surface area contributed by atoms with Crippen molar-refractivity contribution in [2.24, 2.45) is 0 Å². The van der Waals surface area contributed by atoms with Gasteiger partial charge in [0.25, 0.3) is 0 Å². The maximum Gasteiger partial charge on any atom is 0.0542 e. The average molecular weight is 352 g/mol. The molecule has 1 atom stereocenters. The third-order valence-electron chi connectivity index (χ3n) is 2.56. The molecule has 3 heteroatoms. The molecule has 1 N–H and O–H groups in total. The van der Waals surface area contributed by atoms with Gasteiger partial charge in [-0.15, -0.1) is 0 Å². The van der Waals surface area contributed by atoms with Crippen LogP contribution >= 0.6 is 34.2 Å². The normalized spacial score (nSPS) is 12.8. The molecule has 0 aromatic heterocycles. The van der Waals surface area contributed by atoms with Gasteiger partial charge in [-0.3, -0.25) is 0 Å². The Labute approximate surface area is 117 Å². The fourth-order valence-corrected chi connectivity index (χ4v) is 2.25. The first-order valence-corrected chi connectivity index (χ1v) is 7.33. The quantitative estimate of drug-likeness (QED) is 0.727. The van der Waals surface area contributed by atoms with Crippen molar-refractivity contribution in [3.8, 4) is 0 Å². The van der Waals surface area contributed by atoms with Gasteiger partial charge in [0.1, 0.15) is 0 Å². The van der Waals surface area contributed by atoms with Crippen molar-refractivity contribution in [1.82, 2.24) is 5.32 Å². The van der Waals surface area contributed by atoms with Crippen LogP contribution in [0.15, 0.2) is 18.2 Å². The molecule has 1 nitrogen and oxygen atoms in total. The zero-order valence-electron chi connectivity index (χ0n) is 9.89. The molecule has 1 unspecified atom stereocenters. The Morgan fingerprint density at radius 1 is 1.31 bits per heavy atom. The summed E-state index contributed by atoms with van der Waals surface area (Å²) in [7, 11) is 0. The number of halogens is 2. The highest BCUT2D eigenvalue weighted by molar-refractivity contribution is 14.1. The molecule has 90 valence electrons. The Hall–Kier alpha value is 0.200. The van der Waals surface area contributed by atoms with E-state index in [1.54, 1.807) is 0 Å². The molecule has 0 saturated carbocycles. The minimum atomic E-state index is 0.444. The molecule has 1 rings (SSSR count). The first kappa shape index (κ1) is 14.3. The monoisotopic (exact) mass is 351 g/mol. The molecular formula is C13H19ClIN. The first-order valence-electron chi connectivity index (χ1n) is 5.87. The summed E-state index contributed by atoms with van der Waals surface area (Å²) in [6.07, 6.45) is 3.51. The third kappa shape index (κ3) is 4.22. The van der Waals surface area contributed by atoms with Gasteiger partial charge in [-0.1, -0.05) is 37.9 Å². The van der Waals surface area contributed by atoms with Gasteiger partial charge in [0, 0.05) is 9.61 Å². The molecule has 0 aliphatic rings. The molecule has 0 aliphatic heterocycles. The Morgan fingerprint density at radius 3 is 2.62 bits per heavy atom. The maximum absolute atomic E-state index is 6.16. The number of hydrogen-bond donors (Lipinski definition) is 1. The van der Waals surface area contributed by atoms with Crippen LogP contribution < -0.4 is 5.32 Å². The van der Waals surface area contributed by atoms with Crippen molar-refractivity contribution in [3.05, 3.63) is 32.4 Å². The second kappa shape index (κ2) is 7.51. The number of hydrogen-bond acceptors (Lipinski definition) is 1. The molecular weight excluding hydrogens is 333 g/mol. The van der Waals surface area contributed by atoms with Gasteiger partial charge in [0.2, 0.25) is 0 Å². The first-order chi connectivity index (χ1) is 7.69. The summed E-state index contributed by atoms with van der Waals surface area (Å²) >= 11 is 8.42. The van der Waals surface area contributed by atoms with Gasteiger partial charge in [0.15, 0.2) is 0 Å². The molecule has 0 heterocycles. The SMILES string of the molecule is CCCNC(CCC)c1ccc(I)c(Cl)c1. The minimum Gasteiger partial charge on any atom is -0.310 e. The average Bonchev–Trinajstić information content (AvgIpc) is 2.28. The van der Waals surface area contributed by atoms with E-state index < -0.39 is 0 Å². The number of rotatable bonds is 6. The predicted octanol–water partition coefficient (Wildman–Crippen LogP) is 4.79. The summed E-state index contributed by atoms with van der Waals surface area (Å²) < 4.78 is 1.12. The highest BCUT2D eigenvalue weighted by Gasteiger charge is 2.10. The van der Waals surface area contributed by atoms with Crippen molar-refractivity contribution in [2.45, 2.75) is 39.2 Å². The van der Waals surface area contributed by atoms with Crippen LogP contribution in [0.3, 0.4) is 0 Å². The van der Waals surface area contributed by atoms with Crippen molar-refractivity contribution in [1.29, 1.82) is 0 Å². The van der Waals surface area contributed by atoms with Gasteiger partial charge in [-0.2, -0.15) is 0 Å². The topological polar surface area (TPSA) is 12.0 Å². The molecule has 0 saturated heterocycles. The Kier molecular flexibility index (Phi) is 6.70. The van der Waals surface area contributed by atoms with Crippen molar-refractivity contribution >= 4 is 34.2 Å². The highest BCUT2D eigenvalue weighted by Crippen LogP contribution is 2.25. The van der Waals surface area contributed by atoms with Crippen LogP contribution in [-0.2, 0) is 0 Å². The van der Waals surface area contributed by atoms with Gasteiger partial charge in [0.05, 0.1) is 5.02 Å². The smallest absolute Gasteiger partial charge is 0.0542 e. The van der Waals surface area contributed by atoms with Crippen molar-refractivity contribution < 1.29 is 0 Å². The molecule has 0 amide bonds. The molecule has 1 aromatic rings. The van der Waals surface area contributed by atoms with Crippen LogP contribution in [0.1, 0.15) is 44.7 Å². The highest BCUT2D eigenvalue weighted by atomic mass is 127. The fourth-order valence-electron chi connectivity index (χ4n) is 1.72. The van der Waals surface area contributed by atoms with E-state index in [1.807, 2.05) is 0 Å². The number of nitrogens with one attached hydrogen (secondary N) is 1. The van der Waals surface area contributed by atoms with E-state index in [0.29, 0.717) is 6.04 Å². The van der Waals surface area contributed by atoms with Gasteiger partial charge < -0.3 is 5.32 Å². The van der Waals surface area contributed by atoms with Crippen LogP contribution in [0.4, 0.5) is 0 Å². The van der Waals surface area contributed by atoms with E-state index in [2.05, 4.69) is 60.0 Å². The lowest BCUT2D eigenvalue weighted by molar-refractivity contribution is 0.494. The molecule has 0 spiro atoms. The second-order valence-electron chi connectivity index (χ2n) is 3.97. The summed E-state index contributed by atoms with van der Waals surface area (Å²) in [4.78, 5) is 0. The van der Waals surface area contributed by atoms with Crippen LogP contribution in [-0.4, -0.2) is 6.54 Å². The summed E-state index contributed by atoms with van der Waals surface area (Å²) in [6.45, 7) is 5.47. The zero-order valence-corrected chi connectivity index (χ0v) is 12.8. The Bertz CT molecular complexity index is 328. The van der Waals surface area contributed by atoms with E-state index in [4.69, 9.17) is 11.6 Å². The summed E-state index contributed by atoms with van der Waals surface area (Å²) in [5.74, 6) is 0. The van der Waals surface area contributed by atoms with Crippen molar-refractivity contribution in [2.75, 3.05) is 6.54 Å². The molecule has 0 bridgehead atoms. The van der Waals surface area contributed by atoms with Crippen LogP contribution in [0.5, 0.6) is 0 Å². The predicted molar refractivity (Wildman–Crippen MR) is 80.1 cm³/mol. The summed E-state index contributed by atoms with van der Waals surface area (Å²) in [6, 6.07) is 6.80.